The lowest BCUT2D eigenvalue weighted by Crippen LogP contribution is -2.22. The predicted octanol–water partition coefficient (Wildman–Crippen LogP) is 0.933. The standard InChI is InChI=1S/C13H15N3O2/c1-9-7-10(2)16(15-9)8-14-12-5-3-11(4-6-12)13(17)18/h3-7,14H,8H2,1-2H3,(H,17,18)/p-1. The molecule has 0 aliphatic carbocycles. The second kappa shape index (κ2) is 4.91. The van der Waals surface area contributed by atoms with Crippen LogP contribution in [-0.4, -0.2) is 15.7 Å². The van der Waals surface area contributed by atoms with Crippen molar-refractivity contribution in [1.82, 2.24) is 9.78 Å². The molecule has 2 rings (SSSR count). The molecule has 18 heavy (non-hydrogen) atoms. The van der Waals surface area contributed by atoms with Gasteiger partial charge in [0.15, 0.2) is 0 Å². The van der Waals surface area contributed by atoms with E-state index in [9.17, 15) is 9.90 Å². The normalized spacial score (nSPS) is 10.3. The van der Waals surface area contributed by atoms with Gasteiger partial charge in [-0.3, -0.25) is 4.68 Å². The Morgan fingerprint density at radius 1 is 1.33 bits per heavy atom. The fourth-order valence-electron chi connectivity index (χ4n) is 1.73. The summed E-state index contributed by atoms with van der Waals surface area (Å²) in [6.07, 6.45) is 0. The van der Waals surface area contributed by atoms with Crippen molar-refractivity contribution in [1.29, 1.82) is 0 Å². The van der Waals surface area contributed by atoms with E-state index < -0.39 is 5.97 Å². The van der Waals surface area contributed by atoms with Gasteiger partial charge >= 0.3 is 0 Å². The second-order valence-electron chi connectivity index (χ2n) is 4.13. The van der Waals surface area contributed by atoms with Crippen molar-refractivity contribution in [3.63, 3.8) is 0 Å². The summed E-state index contributed by atoms with van der Waals surface area (Å²) in [6, 6.07) is 8.44. The van der Waals surface area contributed by atoms with E-state index in [1.807, 2.05) is 24.6 Å². The quantitative estimate of drug-likeness (QED) is 0.868. The minimum Gasteiger partial charge on any atom is -0.545 e. The van der Waals surface area contributed by atoms with E-state index in [1.54, 1.807) is 12.1 Å². The van der Waals surface area contributed by atoms with Gasteiger partial charge < -0.3 is 15.2 Å². The monoisotopic (exact) mass is 244 g/mol. The summed E-state index contributed by atoms with van der Waals surface area (Å²) in [5, 5.41) is 18.1. The number of nitrogens with zero attached hydrogens (tertiary/aromatic N) is 2. The van der Waals surface area contributed by atoms with Crippen LogP contribution in [0.15, 0.2) is 30.3 Å². The topological polar surface area (TPSA) is 70.0 Å². The highest BCUT2D eigenvalue weighted by Crippen LogP contribution is 2.10. The Kier molecular flexibility index (Phi) is 3.32. The summed E-state index contributed by atoms with van der Waals surface area (Å²) >= 11 is 0. The molecule has 1 aromatic heterocycles. The van der Waals surface area contributed by atoms with Gasteiger partial charge in [0.1, 0.15) is 6.67 Å². The molecule has 0 saturated carbocycles. The number of aryl methyl sites for hydroxylation is 2. The number of aromatic carboxylic acids is 1. The summed E-state index contributed by atoms with van der Waals surface area (Å²) in [7, 11) is 0. The van der Waals surface area contributed by atoms with Crippen LogP contribution in [0.25, 0.3) is 0 Å². The molecular weight excluding hydrogens is 230 g/mol. The van der Waals surface area contributed by atoms with Gasteiger partial charge in [-0.05, 0) is 37.6 Å². The van der Waals surface area contributed by atoms with Crippen LogP contribution < -0.4 is 10.4 Å². The lowest BCUT2D eigenvalue weighted by atomic mass is 10.2. The maximum absolute atomic E-state index is 10.6. The van der Waals surface area contributed by atoms with E-state index in [0.29, 0.717) is 6.67 Å². The van der Waals surface area contributed by atoms with Crippen molar-refractivity contribution in [3.8, 4) is 0 Å². The fourth-order valence-corrected chi connectivity index (χ4v) is 1.73. The van der Waals surface area contributed by atoms with Crippen LogP contribution in [0.2, 0.25) is 0 Å². The smallest absolute Gasteiger partial charge is 0.109 e. The maximum Gasteiger partial charge on any atom is 0.109 e. The van der Waals surface area contributed by atoms with Crippen molar-refractivity contribution in [2.75, 3.05) is 5.32 Å². The molecule has 1 N–H and O–H groups in total. The van der Waals surface area contributed by atoms with Gasteiger partial charge in [0.05, 0.1) is 11.7 Å². The van der Waals surface area contributed by atoms with E-state index in [1.165, 1.54) is 12.1 Å². The van der Waals surface area contributed by atoms with Crippen molar-refractivity contribution in [2.45, 2.75) is 20.5 Å². The lowest BCUT2D eigenvalue weighted by molar-refractivity contribution is -0.255. The first-order valence-electron chi connectivity index (χ1n) is 5.62. The number of rotatable bonds is 4. The number of benzene rings is 1. The zero-order chi connectivity index (χ0) is 13.1. The van der Waals surface area contributed by atoms with E-state index in [4.69, 9.17) is 0 Å². The first-order valence-corrected chi connectivity index (χ1v) is 5.62. The minimum absolute atomic E-state index is 0.173. The van der Waals surface area contributed by atoms with E-state index >= 15 is 0 Å². The van der Waals surface area contributed by atoms with Gasteiger partial charge in [0.25, 0.3) is 0 Å². The number of carbonyl (C=O) groups excluding carboxylic acids is 1. The molecule has 0 saturated heterocycles. The number of hydrogen-bond donors (Lipinski definition) is 1. The van der Waals surface area contributed by atoms with Crippen LogP contribution in [-0.2, 0) is 6.67 Å². The van der Waals surface area contributed by atoms with Gasteiger partial charge in [0.2, 0.25) is 0 Å². The van der Waals surface area contributed by atoms with E-state index in [-0.39, 0.29) is 5.56 Å². The van der Waals surface area contributed by atoms with Crippen LogP contribution >= 0.6 is 0 Å². The Morgan fingerprint density at radius 3 is 2.50 bits per heavy atom. The van der Waals surface area contributed by atoms with Crippen LogP contribution in [0.3, 0.4) is 0 Å². The molecule has 0 spiro atoms. The molecular formula is C13H14N3O2-. The molecule has 0 aliphatic heterocycles. The minimum atomic E-state index is -1.17. The Morgan fingerprint density at radius 2 is 2.00 bits per heavy atom. The lowest BCUT2D eigenvalue weighted by Gasteiger charge is -2.09. The second-order valence-corrected chi connectivity index (χ2v) is 4.13. The molecule has 0 radical (unpaired) electrons. The number of carboxylic acids is 1. The van der Waals surface area contributed by atoms with Crippen molar-refractivity contribution >= 4 is 11.7 Å². The highest BCUT2D eigenvalue weighted by atomic mass is 16.4. The largest absolute Gasteiger partial charge is 0.545 e. The summed E-state index contributed by atoms with van der Waals surface area (Å²) in [4.78, 5) is 10.6. The van der Waals surface area contributed by atoms with Gasteiger partial charge in [0, 0.05) is 11.4 Å². The zero-order valence-corrected chi connectivity index (χ0v) is 10.3. The number of hydrogen-bond acceptors (Lipinski definition) is 4. The molecule has 5 nitrogen and oxygen atoms in total. The number of carboxylic acid groups (broad SMARTS) is 1. The Labute approximate surface area is 105 Å². The summed E-state index contributed by atoms with van der Waals surface area (Å²) in [5.41, 5.74) is 3.06. The Hall–Kier alpha value is -2.30. The fraction of sp³-hybridized carbons (Fsp3) is 0.231. The van der Waals surface area contributed by atoms with Crippen molar-refractivity contribution in [2.24, 2.45) is 0 Å². The molecule has 2 aromatic rings. The van der Waals surface area contributed by atoms with Crippen LogP contribution in [0.1, 0.15) is 21.7 Å². The number of nitrogens with one attached hydrogen (secondary N) is 1. The van der Waals surface area contributed by atoms with Gasteiger partial charge in [-0.15, -0.1) is 0 Å². The Bertz CT molecular complexity index is 558. The molecule has 0 aliphatic rings. The van der Waals surface area contributed by atoms with Gasteiger partial charge in [-0.1, -0.05) is 12.1 Å². The summed E-state index contributed by atoms with van der Waals surface area (Å²) in [6.45, 7) is 4.48. The highest BCUT2D eigenvalue weighted by Gasteiger charge is 2.00. The average molecular weight is 244 g/mol. The molecule has 0 bridgehead atoms. The van der Waals surface area contributed by atoms with Crippen LogP contribution in [0.5, 0.6) is 0 Å². The SMILES string of the molecule is Cc1cc(C)n(CNc2ccc(C(=O)[O-])cc2)n1. The highest BCUT2D eigenvalue weighted by molar-refractivity contribution is 5.86. The third-order valence-corrected chi connectivity index (χ3v) is 2.66. The van der Waals surface area contributed by atoms with Crippen molar-refractivity contribution in [3.05, 3.63) is 47.3 Å². The third kappa shape index (κ3) is 2.68. The van der Waals surface area contributed by atoms with Gasteiger partial charge in [-0.25, -0.2) is 0 Å². The van der Waals surface area contributed by atoms with E-state index in [0.717, 1.165) is 17.1 Å². The molecule has 1 aromatic carbocycles. The molecule has 94 valence electrons. The van der Waals surface area contributed by atoms with Crippen molar-refractivity contribution < 1.29 is 9.90 Å². The maximum atomic E-state index is 10.6. The number of carbonyl (C=O) groups is 1. The Balaban J connectivity index is 2.02. The van der Waals surface area contributed by atoms with Gasteiger partial charge in [-0.2, -0.15) is 5.10 Å². The molecule has 0 atom stereocenters. The number of aromatic nitrogens is 2. The molecule has 0 amide bonds. The molecule has 0 fully saturated rings. The first kappa shape index (κ1) is 12.2. The first-order chi connectivity index (χ1) is 8.56. The molecule has 0 unspecified atom stereocenters. The summed E-state index contributed by atoms with van der Waals surface area (Å²) in [5.74, 6) is -1.17. The number of anilines is 1. The average Bonchev–Trinajstić information content (AvgIpc) is 2.66. The molecule has 1 heterocycles. The van der Waals surface area contributed by atoms with Crippen LogP contribution in [0, 0.1) is 13.8 Å². The molecule has 5 heteroatoms. The van der Waals surface area contributed by atoms with E-state index in [2.05, 4.69) is 10.4 Å². The summed E-state index contributed by atoms with van der Waals surface area (Å²) < 4.78 is 1.85. The predicted molar refractivity (Wildman–Crippen MR) is 66.1 cm³/mol. The zero-order valence-electron chi connectivity index (χ0n) is 10.3. The third-order valence-electron chi connectivity index (χ3n) is 2.66. The van der Waals surface area contributed by atoms with Crippen LogP contribution in [0.4, 0.5) is 5.69 Å².